The van der Waals surface area contributed by atoms with E-state index in [4.69, 9.17) is 23.7 Å². The summed E-state index contributed by atoms with van der Waals surface area (Å²) in [7, 11) is 0. The molecule has 7 unspecified atom stereocenters. The average molecular weight is 897 g/mol. The second-order valence-corrected chi connectivity index (χ2v) is 23.1. The van der Waals surface area contributed by atoms with Gasteiger partial charge in [0.15, 0.2) is 6.10 Å². The van der Waals surface area contributed by atoms with Crippen molar-refractivity contribution in [3.8, 4) is 0 Å². The van der Waals surface area contributed by atoms with Gasteiger partial charge in [-0.15, -0.1) is 0 Å². The summed E-state index contributed by atoms with van der Waals surface area (Å²) in [5, 5.41) is 20.9. The lowest BCUT2D eigenvalue weighted by Crippen LogP contribution is -2.67. The van der Waals surface area contributed by atoms with Gasteiger partial charge in [0.2, 0.25) is 0 Å². The summed E-state index contributed by atoms with van der Waals surface area (Å²) in [5.41, 5.74) is -3.41. The average Bonchev–Trinajstić information content (AvgIpc) is 3.82. The Labute approximate surface area is 380 Å². The van der Waals surface area contributed by atoms with Gasteiger partial charge in [0.05, 0.1) is 33.4 Å². The molecule has 0 aromatic heterocycles. The first-order valence-electron chi connectivity index (χ1n) is 23.7. The molecule has 0 spiro atoms. The molecule has 2 N–H and O–H groups in total. The van der Waals surface area contributed by atoms with Crippen molar-refractivity contribution in [2.75, 3.05) is 13.2 Å². The maximum absolute atomic E-state index is 12.4. The highest BCUT2D eigenvalue weighted by atomic mass is 16.8. The van der Waals surface area contributed by atoms with E-state index in [0.717, 1.165) is 44.9 Å². The molecule has 6 fully saturated rings. The number of esters is 4. The standard InChI is InChI=1S/C16H26O4.C12H22O2.C12H24O2.C10H16O5/c1-4-14(2,3)13(18)20-15-6-10-5-11(8-15)12(17)16(19,7-10)9-15;1-5-11(2,3)10(13)14-12(4)8-6-7-9-12;1-8-12(6,7)10(13)14-9(2)11(3,4)5;1-4-10(2,3)8(11)13-5-7-6-14-9(12)15-7/h10-12,17,19H,4-9H2,1-3H3;5-9H2,1-4H3;9H,8H2,1-7H3;7H,4-6H2,1-3H3. The zero-order valence-corrected chi connectivity index (χ0v) is 42.4. The van der Waals surface area contributed by atoms with Gasteiger partial charge in [-0.05, 0) is 164 Å². The van der Waals surface area contributed by atoms with Gasteiger partial charge < -0.3 is 38.6 Å². The number of hydrogen-bond acceptors (Lipinski definition) is 13. The van der Waals surface area contributed by atoms with Crippen molar-refractivity contribution in [1.82, 2.24) is 0 Å². The van der Waals surface area contributed by atoms with E-state index in [1.54, 1.807) is 0 Å². The molecule has 0 amide bonds. The van der Waals surface area contributed by atoms with E-state index in [9.17, 15) is 34.2 Å². The summed E-state index contributed by atoms with van der Waals surface area (Å²) in [4.78, 5) is 58.1. The smallest absolute Gasteiger partial charge is 0.462 e. The van der Waals surface area contributed by atoms with E-state index in [2.05, 4.69) is 32.4 Å². The van der Waals surface area contributed by atoms with Gasteiger partial charge in [-0.1, -0.05) is 48.5 Å². The minimum absolute atomic E-state index is 0.0134. The van der Waals surface area contributed by atoms with Gasteiger partial charge in [-0.3, -0.25) is 19.2 Å². The fourth-order valence-electron chi connectivity index (χ4n) is 7.94. The van der Waals surface area contributed by atoms with Gasteiger partial charge in [0.25, 0.3) is 0 Å². The highest BCUT2D eigenvalue weighted by molar-refractivity contribution is 5.77. The van der Waals surface area contributed by atoms with Crippen LogP contribution in [0.5, 0.6) is 0 Å². The first kappa shape index (κ1) is 56.2. The third-order valence-electron chi connectivity index (χ3n) is 14.8. The van der Waals surface area contributed by atoms with Crippen LogP contribution >= 0.6 is 0 Å². The molecule has 1 heterocycles. The Hall–Kier alpha value is -2.93. The summed E-state index contributed by atoms with van der Waals surface area (Å²) in [6, 6.07) is 0. The van der Waals surface area contributed by atoms with Gasteiger partial charge in [-0.2, -0.15) is 0 Å². The zero-order chi connectivity index (χ0) is 48.6. The van der Waals surface area contributed by atoms with Crippen LogP contribution in [0.2, 0.25) is 0 Å². The minimum atomic E-state index is -1.04. The molecule has 6 rings (SSSR count). The Bertz CT molecular complexity index is 1550. The SMILES string of the molecule is CCC(C)(C)C(=O)OC(C)C(C)(C)C.CCC(C)(C)C(=O)OC1(C)CCCC1.CCC(C)(C)C(=O)OC12CC3CC(C1)C(O)C(O)(C3)C2.CCC(C)(C)C(=O)OCC1COC(=O)O1. The number of ether oxygens (including phenoxy) is 6. The fraction of sp³-hybridized carbons (Fsp3) is 0.900. The predicted octanol–water partition coefficient (Wildman–Crippen LogP) is 10.2. The molecule has 1 saturated heterocycles. The molecule has 0 aromatic carbocycles. The van der Waals surface area contributed by atoms with Crippen LogP contribution in [-0.2, 0) is 47.6 Å². The second-order valence-electron chi connectivity index (χ2n) is 23.1. The lowest BCUT2D eigenvalue weighted by molar-refractivity contribution is -0.263. The summed E-state index contributed by atoms with van der Waals surface area (Å²) in [5.74, 6) is -0.118. The predicted molar refractivity (Wildman–Crippen MR) is 241 cm³/mol. The van der Waals surface area contributed by atoms with Gasteiger partial charge >= 0.3 is 30.0 Å². The van der Waals surface area contributed by atoms with Crippen LogP contribution in [0.25, 0.3) is 0 Å². The monoisotopic (exact) mass is 897 g/mol. The van der Waals surface area contributed by atoms with Crippen LogP contribution in [0.1, 0.15) is 201 Å². The molecule has 5 saturated carbocycles. The molecule has 366 valence electrons. The van der Waals surface area contributed by atoms with Crippen molar-refractivity contribution in [2.45, 2.75) is 236 Å². The van der Waals surface area contributed by atoms with Crippen LogP contribution in [0, 0.1) is 38.9 Å². The molecule has 0 aromatic rings. The van der Waals surface area contributed by atoms with Crippen molar-refractivity contribution < 1.29 is 62.6 Å². The molecular formula is C50H88O13. The molecule has 4 bridgehead atoms. The van der Waals surface area contributed by atoms with Gasteiger partial charge in [0, 0.05) is 6.42 Å². The molecular weight excluding hydrogens is 809 g/mol. The number of hydrogen-bond donors (Lipinski definition) is 2. The summed E-state index contributed by atoms with van der Waals surface area (Å²) in [6.07, 6.45) is 9.23. The molecule has 13 heteroatoms. The Balaban J connectivity index is 0.000000293. The highest BCUT2D eigenvalue weighted by Gasteiger charge is 2.64. The Kier molecular flexibility index (Phi) is 19.3. The lowest BCUT2D eigenvalue weighted by atomic mass is 9.51. The molecule has 6 aliphatic rings. The summed E-state index contributed by atoms with van der Waals surface area (Å²) in [6.45, 7) is 33.5. The van der Waals surface area contributed by atoms with E-state index in [-0.39, 0.29) is 71.0 Å². The third kappa shape index (κ3) is 15.6. The normalized spacial score (nSPS) is 27.7. The van der Waals surface area contributed by atoms with Crippen molar-refractivity contribution >= 4 is 30.0 Å². The van der Waals surface area contributed by atoms with Crippen LogP contribution in [-0.4, -0.2) is 88.6 Å². The number of aliphatic hydroxyl groups is 2. The largest absolute Gasteiger partial charge is 0.508 e. The summed E-state index contributed by atoms with van der Waals surface area (Å²) < 4.78 is 31.3. The van der Waals surface area contributed by atoms with Crippen molar-refractivity contribution in [1.29, 1.82) is 0 Å². The van der Waals surface area contributed by atoms with Gasteiger partial charge in [0.1, 0.15) is 30.5 Å². The quantitative estimate of drug-likeness (QED) is 0.132. The summed E-state index contributed by atoms with van der Waals surface area (Å²) >= 11 is 0. The number of cyclic esters (lactones) is 2. The molecule has 13 nitrogen and oxygen atoms in total. The zero-order valence-electron chi connectivity index (χ0n) is 42.4. The second kappa shape index (κ2) is 21.6. The topological polar surface area (TPSA) is 181 Å². The Morgan fingerprint density at radius 1 is 0.730 bits per heavy atom. The first-order valence-corrected chi connectivity index (χ1v) is 23.7. The number of rotatable bonds is 13. The Morgan fingerprint density at radius 2 is 1.21 bits per heavy atom. The van der Waals surface area contributed by atoms with Crippen LogP contribution in [0.4, 0.5) is 4.79 Å². The third-order valence-corrected chi connectivity index (χ3v) is 14.8. The molecule has 7 atom stereocenters. The first-order chi connectivity index (χ1) is 28.7. The van der Waals surface area contributed by atoms with Gasteiger partial charge in [-0.25, -0.2) is 4.79 Å². The maximum Gasteiger partial charge on any atom is 0.508 e. The van der Waals surface area contributed by atoms with E-state index in [1.165, 1.54) is 12.8 Å². The number of aliphatic hydroxyl groups excluding tert-OH is 1. The van der Waals surface area contributed by atoms with E-state index < -0.39 is 40.4 Å². The Morgan fingerprint density at radius 3 is 1.65 bits per heavy atom. The van der Waals surface area contributed by atoms with Crippen molar-refractivity contribution in [2.24, 2.45) is 38.9 Å². The number of carbonyl (C=O) groups is 5. The molecule has 1 aliphatic heterocycles. The van der Waals surface area contributed by atoms with Crippen LogP contribution < -0.4 is 0 Å². The lowest BCUT2D eigenvalue weighted by Gasteiger charge is -2.61. The van der Waals surface area contributed by atoms with E-state index >= 15 is 0 Å². The van der Waals surface area contributed by atoms with Crippen molar-refractivity contribution in [3.63, 3.8) is 0 Å². The number of carbonyl (C=O) groups excluding carboxylic acids is 5. The molecule has 0 radical (unpaired) electrons. The fourth-order valence-corrected chi connectivity index (χ4v) is 7.94. The highest BCUT2D eigenvalue weighted by Crippen LogP contribution is 2.59. The van der Waals surface area contributed by atoms with E-state index in [1.807, 2.05) is 90.0 Å². The molecule has 5 aliphatic carbocycles. The van der Waals surface area contributed by atoms with Crippen LogP contribution in [0.15, 0.2) is 0 Å². The van der Waals surface area contributed by atoms with Crippen LogP contribution in [0.3, 0.4) is 0 Å². The maximum atomic E-state index is 12.4. The van der Waals surface area contributed by atoms with E-state index in [0.29, 0.717) is 31.6 Å². The van der Waals surface area contributed by atoms with Crippen molar-refractivity contribution in [3.05, 3.63) is 0 Å². The minimum Gasteiger partial charge on any atom is -0.462 e. The molecule has 63 heavy (non-hydrogen) atoms.